The molecule has 1 unspecified atom stereocenters. The van der Waals surface area contributed by atoms with Gasteiger partial charge >= 0.3 is 0 Å². The number of aliphatic hydroxyl groups excluding tert-OH is 1. The second kappa shape index (κ2) is 4.32. The van der Waals surface area contributed by atoms with Crippen LogP contribution in [0, 0.1) is 0 Å². The Morgan fingerprint density at radius 1 is 1.44 bits per heavy atom. The topological polar surface area (TPSA) is 71.2 Å². The number of phenolic OH excluding ortho intramolecular Hbond substituents is 1. The first-order chi connectivity index (χ1) is 7.70. The predicted octanol–water partition coefficient (Wildman–Crippen LogP) is 1.55. The second-order valence-corrected chi connectivity index (χ2v) is 3.52. The quantitative estimate of drug-likeness (QED) is 0.821. The van der Waals surface area contributed by atoms with Crippen molar-refractivity contribution in [2.45, 2.75) is 19.6 Å². The third-order valence-electron chi connectivity index (χ3n) is 2.32. The molecule has 0 aliphatic heterocycles. The molecule has 0 spiro atoms. The Bertz CT molecular complexity index is 482. The summed E-state index contributed by atoms with van der Waals surface area (Å²) in [5, 5.41) is 26.7. The summed E-state index contributed by atoms with van der Waals surface area (Å²) in [6.07, 6.45) is 1.57. The SMILES string of the molecule is CCC(O)n1cc(-c2cccc(O)c2)nn1. The lowest BCUT2D eigenvalue weighted by Crippen LogP contribution is -2.07. The van der Waals surface area contributed by atoms with Crippen molar-refractivity contribution in [2.24, 2.45) is 0 Å². The molecule has 5 heteroatoms. The van der Waals surface area contributed by atoms with Gasteiger partial charge in [0.2, 0.25) is 0 Å². The van der Waals surface area contributed by atoms with Crippen molar-refractivity contribution < 1.29 is 10.2 Å². The van der Waals surface area contributed by atoms with Crippen LogP contribution in [0.3, 0.4) is 0 Å². The molecule has 0 saturated carbocycles. The lowest BCUT2D eigenvalue weighted by molar-refractivity contribution is 0.0847. The summed E-state index contributed by atoms with van der Waals surface area (Å²) in [7, 11) is 0. The van der Waals surface area contributed by atoms with Gasteiger partial charge in [-0.1, -0.05) is 24.3 Å². The maximum atomic E-state index is 9.56. The van der Waals surface area contributed by atoms with Crippen molar-refractivity contribution in [3.8, 4) is 17.0 Å². The van der Waals surface area contributed by atoms with Crippen LogP contribution in [0.15, 0.2) is 30.5 Å². The Balaban J connectivity index is 2.31. The number of benzene rings is 1. The van der Waals surface area contributed by atoms with E-state index < -0.39 is 6.23 Å². The highest BCUT2D eigenvalue weighted by molar-refractivity contribution is 5.59. The van der Waals surface area contributed by atoms with Crippen molar-refractivity contribution >= 4 is 0 Å². The summed E-state index contributed by atoms with van der Waals surface area (Å²) in [5.41, 5.74) is 1.40. The number of rotatable bonds is 3. The van der Waals surface area contributed by atoms with E-state index in [-0.39, 0.29) is 5.75 Å². The van der Waals surface area contributed by atoms with E-state index in [1.165, 1.54) is 4.68 Å². The zero-order valence-electron chi connectivity index (χ0n) is 8.91. The molecular weight excluding hydrogens is 206 g/mol. The number of aliphatic hydroxyl groups is 1. The number of aromatic hydroxyl groups is 1. The van der Waals surface area contributed by atoms with Gasteiger partial charge < -0.3 is 10.2 Å². The van der Waals surface area contributed by atoms with Crippen molar-refractivity contribution in [3.63, 3.8) is 0 Å². The first-order valence-corrected chi connectivity index (χ1v) is 5.10. The third-order valence-corrected chi connectivity index (χ3v) is 2.32. The van der Waals surface area contributed by atoms with E-state index in [4.69, 9.17) is 0 Å². The number of hydrogen-bond acceptors (Lipinski definition) is 4. The normalized spacial score (nSPS) is 12.6. The molecule has 1 aromatic carbocycles. The third kappa shape index (κ3) is 2.04. The van der Waals surface area contributed by atoms with E-state index in [9.17, 15) is 10.2 Å². The highest BCUT2D eigenvalue weighted by atomic mass is 16.3. The standard InChI is InChI=1S/C11H13N3O2/c1-2-11(16)14-7-10(12-13-14)8-4-3-5-9(15)6-8/h3-7,11,15-16H,2H2,1H3. The Labute approximate surface area is 93.0 Å². The van der Waals surface area contributed by atoms with Crippen LogP contribution < -0.4 is 0 Å². The number of nitrogens with zero attached hydrogens (tertiary/aromatic N) is 3. The van der Waals surface area contributed by atoms with Crippen LogP contribution in [0.25, 0.3) is 11.3 Å². The predicted molar refractivity (Wildman–Crippen MR) is 58.7 cm³/mol. The Morgan fingerprint density at radius 3 is 2.94 bits per heavy atom. The second-order valence-electron chi connectivity index (χ2n) is 3.52. The Kier molecular flexibility index (Phi) is 2.87. The first-order valence-electron chi connectivity index (χ1n) is 5.10. The fourth-order valence-corrected chi connectivity index (χ4v) is 1.41. The van der Waals surface area contributed by atoms with E-state index in [1.807, 2.05) is 13.0 Å². The average Bonchev–Trinajstić information content (AvgIpc) is 2.77. The zero-order chi connectivity index (χ0) is 11.5. The maximum Gasteiger partial charge on any atom is 0.148 e. The van der Waals surface area contributed by atoms with Gasteiger partial charge in [0.1, 0.15) is 17.7 Å². The van der Waals surface area contributed by atoms with Gasteiger partial charge in [0.15, 0.2) is 0 Å². The van der Waals surface area contributed by atoms with Crippen LogP contribution in [0.2, 0.25) is 0 Å². The highest BCUT2D eigenvalue weighted by Crippen LogP contribution is 2.21. The molecule has 0 bridgehead atoms. The molecule has 0 fully saturated rings. The Hall–Kier alpha value is -1.88. The largest absolute Gasteiger partial charge is 0.508 e. The van der Waals surface area contributed by atoms with Crippen LogP contribution in [0.1, 0.15) is 19.6 Å². The monoisotopic (exact) mass is 219 g/mol. The molecule has 5 nitrogen and oxygen atoms in total. The van der Waals surface area contributed by atoms with E-state index in [0.717, 1.165) is 5.56 Å². The molecule has 1 heterocycles. The van der Waals surface area contributed by atoms with Crippen molar-refractivity contribution in [1.29, 1.82) is 0 Å². The molecule has 0 aliphatic rings. The van der Waals surface area contributed by atoms with Gasteiger partial charge in [0.05, 0.1) is 6.20 Å². The summed E-state index contributed by atoms with van der Waals surface area (Å²) in [5.74, 6) is 0.183. The van der Waals surface area contributed by atoms with Gasteiger partial charge in [-0.05, 0) is 18.6 Å². The minimum atomic E-state index is -0.654. The molecule has 84 valence electrons. The molecule has 2 N–H and O–H groups in total. The summed E-state index contributed by atoms with van der Waals surface area (Å²) in [4.78, 5) is 0. The van der Waals surface area contributed by atoms with Gasteiger partial charge in [-0.3, -0.25) is 0 Å². The fraction of sp³-hybridized carbons (Fsp3) is 0.273. The molecule has 2 aromatic rings. The van der Waals surface area contributed by atoms with Gasteiger partial charge in [-0.25, -0.2) is 4.68 Å². The summed E-state index contributed by atoms with van der Waals surface area (Å²) >= 11 is 0. The molecule has 1 atom stereocenters. The maximum absolute atomic E-state index is 9.56. The molecule has 0 aliphatic carbocycles. The molecule has 16 heavy (non-hydrogen) atoms. The van der Waals surface area contributed by atoms with Gasteiger partial charge in [-0.2, -0.15) is 0 Å². The van der Waals surface area contributed by atoms with Crippen LogP contribution in [-0.4, -0.2) is 25.2 Å². The van der Waals surface area contributed by atoms with Crippen LogP contribution in [0.4, 0.5) is 0 Å². The highest BCUT2D eigenvalue weighted by Gasteiger charge is 2.08. The zero-order valence-corrected chi connectivity index (χ0v) is 8.91. The van der Waals surface area contributed by atoms with E-state index >= 15 is 0 Å². The van der Waals surface area contributed by atoms with Crippen LogP contribution in [-0.2, 0) is 0 Å². The smallest absolute Gasteiger partial charge is 0.148 e. The summed E-state index contributed by atoms with van der Waals surface area (Å²) in [6, 6.07) is 6.76. The molecule has 2 rings (SSSR count). The van der Waals surface area contributed by atoms with E-state index in [1.54, 1.807) is 24.4 Å². The fourth-order valence-electron chi connectivity index (χ4n) is 1.41. The minimum Gasteiger partial charge on any atom is -0.508 e. The van der Waals surface area contributed by atoms with Gasteiger partial charge in [0, 0.05) is 5.56 Å². The summed E-state index contributed by atoms with van der Waals surface area (Å²) < 4.78 is 1.40. The lowest BCUT2D eigenvalue weighted by Gasteiger charge is -2.05. The van der Waals surface area contributed by atoms with Crippen molar-refractivity contribution in [1.82, 2.24) is 15.0 Å². The minimum absolute atomic E-state index is 0.183. The van der Waals surface area contributed by atoms with Gasteiger partial charge in [-0.15, -0.1) is 5.10 Å². The van der Waals surface area contributed by atoms with E-state index in [2.05, 4.69) is 10.3 Å². The summed E-state index contributed by atoms with van der Waals surface area (Å²) in [6.45, 7) is 1.86. The number of phenols is 1. The van der Waals surface area contributed by atoms with Gasteiger partial charge in [0.25, 0.3) is 0 Å². The van der Waals surface area contributed by atoms with Crippen molar-refractivity contribution in [3.05, 3.63) is 30.5 Å². The van der Waals surface area contributed by atoms with Crippen LogP contribution >= 0.6 is 0 Å². The Morgan fingerprint density at radius 2 is 2.25 bits per heavy atom. The van der Waals surface area contributed by atoms with Crippen molar-refractivity contribution in [2.75, 3.05) is 0 Å². The molecule has 0 saturated heterocycles. The van der Waals surface area contributed by atoms with E-state index in [0.29, 0.717) is 12.1 Å². The van der Waals surface area contributed by atoms with Crippen LogP contribution in [0.5, 0.6) is 5.75 Å². The number of hydrogen-bond donors (Lipinski definition) is 2. The lowest BCUT2D eigenvalue weighted by atomic mass is 10.1. The molecule has 1 aromatic heterocycles. The molecule has 0 radical (unpaired) electrons. The average molecular weight is 219 g/mol. The number of aromatic nitrogens is 3. The first kappa shape index (κ1) is 10.6. The molecular formula is C11H13N3O2. The molecule has 0 amide bonds.